The zero-order valence-electron chi connectivity index (χ0n) is 20.1. The molecule has 2 atom stereocenters. The quantitative estimate of drug-likeness (QED) is 0.335. The van der Waals surface area contributed by atoms with Gasteiger partial charge in [-0.05, 0) is 62.6 Å². The number of ether oxygens (including phenoxy) is 1. The summed E-state index contributed by atoms with van der Waals surface area (Å²) in [6.45, 7) is 3.07. The lowest BCUT2D eigenvalue weighted by atomic mass is 9.95. The van der Waals surface area contributed by atoms with Crippen LogP contribution in [0.15, 0.2) is 36.4 Å². The second kappa shape index (κ2) is 10.6. The number of hydrogen-bond acceptors (Lipinski definition) is 7. The maximum atomic E-state index is 14.9. The predicted octanol–water partition coefficient (Wildman–Crippen LogP) is 4.98. The summed E-state index contributed by atoms with van der Waals surface area (Å²) in [5, 5.41) is 23.5. The van der Waals surface area contributed by atoms with Gasteiger partial charge in [-0.2, -0.15) is 0 Å². The summed E-state index contributed by atoms with van der Waals surface area (Å²) in [5.41, 5.74) is 4.57. The summed E-state index contributed by atoms with van der Waals surface area (Å²) in [6, 6.07) is 8.70. The Morgan fingerprint density at radius 3 is 2.56 bits per heavy atom. The number of carbonyl (C=O) groups is 1. The molecule has 1 fully saturated rings. The van der Waals surface area contributed by atoms with E-state index in [1.165, 1.54) is 19.9 Å². The lowest BCUT2D eigenvalue weighted by Crippen LogP contribution is -2.32. The van der Waals surface area contributed by atoms with Gasteiger partial charge in [-0.3, -0.25) is 4.79 Å². The molecule has 1 saturated carbocycles. The van der Waals surface area contributed by atoms with E-state index in [-0.39, 0.29) is 39.3 Å². The van der Waals surface area contributed by atoms with E-state index in [1.54, 1.807) is 18.2 Å². The van der Waals surface area contributed by atoms with Gasteiger partial charge in [0.15, 0.2) is 0 Å². The maximum absolute atomic E-state index is 14.9. The molecule has 0 spiro atoms. The minimum atomic E-state index is -1.42. The molecule has 1 aliphatic rings. The Labute approximate surface area is 211 Å². The fourth-order valence-electron chi connectivity index (χ4n) is 4.16. The van der Waals surface area contributed by atoms with Crippen molar-refractivity contribution in [1.82, 2.24) is 4.98 Å². The second-order valence-corrected chi connectivity index (χ2v) is 10.5. The number of anilines is 2. The lowest BCUT2D eigenvalue weighted by Gasteiger charge is -2.27. The highest BCUT2D eigenvalue weighted by Crippen LogP contribution is 2.40. The minimum Gasteiger partial charge on any atom is -0.390 e. The van der Waals surface area contributed by atoms with E-state index in [1.807, 2.05) is 0 Å². The van der Waals surface area contributed by atoms with Crippen molar-refractivity contribution < 1.29 is 28.5 Å². The number of aliphatic hydroxyl groups excluding tert-OH is 1. The van der Waals surface area contributed by atoms with Crippen molar-refractivity contribution in [3.05, 3.63) is 64.9 Å². The third-order valence-electron chi connectivity index (χ3n) is 6.15. The molecule has 1 amide bonds. The molecule has 192 valence electrons. The van der Waals surface area contributed by atoms with E-state index < -0.39 is 29.2 Å². The minimum absolute atomic E-state index is 0.0640. The Balaban J connectivity index is 1.57. The maximum Gasteiger partial charge on any atom is 0.251 e. The number of primary amides is 1. The van der Waals surface area contributed by atoms with Crippen LogP contribution < -0.4 is 11.1 Å². The standard InChI is InChI=1S/C26H29F2N3O4S/c1-26(2,34)14-10-17(27)23(18(28)11-14)21-12-16(24(29)33)25(36-21)31-22-9-5-6-15(30-22)13-35-20-8-4-3-7-19(20)32/h5-6,9-12,19-20,32,34H,3-4,7-8,13H2,1-2H3,(H2,29,33)(H,30,31)/t19-,20-/m1/s1. The number of aliphatic hydroxyl groups is 2. The van der Waals surface area contributed by atoms with Gasteiger partial charge in [0.1, 0.15) is 22.5 Å². The average Bonchev–Trinajstić information content (AvgIpc) is 3.21. The van der Waals surface area contributed by atoms with Crippen molar-refractivity contribution in [3.63, 3.8) is 0 Å². The molecule has 7 nitrogen and oxygen atoms in total. The second-order valence-electron chi connectivity index (χ2n) is 9.43. The van der Waals surface area contributed by atoms with E-state index >= 15 is 0 Å². The number of pyridine rings is 1. The molecule has 2 heterocycles. The Kier molecular flexibility index (Phi) is 7.70. The van der Waals surface area contributed by atoms with Crippen LogP contribution in [-0.2, 0) is 16.9 Å². The van der Waals surface area contributed by atoms with Crippen molar-refractivity contribution in [2.75, 3.05) is 5.32 Å². The highest BCUT2D eigenvalue weighted by molar-refractivity contribution is 7.20. The third-order valence-corrected chi connectivity index (χ3v) is 7.22. The first-order chi connectivity index (χ1) is 17.0. The first-order valence-electron chi connectivity index (χ1n) is 11.7. The van der Waals surface area contributed by atoms with Crippen LogP contribution in [-0.4, -0.2) is 33.3 Å². The zero-order valence-corrected chi connectivity index (χ0v) is 20.9. The van der Waals surface area contributed by atoms with Crippen LogP contribution in [0.4, 0.5) is 19.6 Å². The van der Waals surface area contributed by atoms with Crippen LogP contribution in [0.3, 0.4) is 0 Å². The molecule has 4 rings (SSSR count). The van der Waals surface area contributed by atoms with E-state index in [0.29, 0.717) is 11.5 Å². The van der Waals surface area contributed by atoms with Crippen molar-refractivity contribution >= 4 is 28.1 Å². The molecule has 1 aliphatic carbocycles. The SMILES string of the molecule is CC(C)(O)c1cc(F)c(-c2cc(C(N)=O)c(Nc3cccc(CO[C@@H]4CCCC[C@H]4O)n3)s2)c(F)c1. The van der Waals surface area contributed by atoms with E-state index in [2.05, 4.69) is 10.3 Å². The van der Waals surface area contributed by atoms with Gasteiger partial charge in [-0.1, -0.05) is 18.9 Å². The van der Waals surface area contributed by atoms with Gasteiger partial charge in [0.05, 0.1) is 41.2 Å². The number of aromatic nitrogens is 1. The Hall–Kier alpha value is -2.92. The molecule has 10 heteroatoms. The summed E-state index contributed by atoms with van der Waals surface area (Å²) >= 11 is 0.961. The topological polar surface area (TPSA) is 118 Å². The van der Waals surface area contributed by atoms with Crippen LogP contribution >= 0.6 is 11.3 Å². The van der Waals surface area contributed by atoms with E-state index in [9.17, 15) is 23.8 Å². The molecule has 0 saturated heterocycles. The normalized spacial score (nSPS) is 18.3. The molecular formula is C26H29F2N3O4S. The first-order valence-corrected chi connectivity index (χ1v) is 12.5. The third kappa shape index (κ3) is 5.89. The van der Waals surface area contributed by atoms with Crippen LogP contribution in [0.2, 0.25) is 0 Å². The summed E-state index contributed by atoms with van der Waals surface area (Å²) in [5.74, 6) is -2.09. The Morgan fingerprint density at radius 1 is 1.22 bits per heavy atom. The van der Waals surface area contributed by atoms with Crippen molar-refractivity contribution in [1.29, 1.82) is 0 Å². The molecule has 2 aromatic heterocycles. The molecule has 3 aromatic rings. The number of rotatable bonds is 8. The lowest BCUT2D eigenvalue weighted by molar-refractivity contribution is -0.0669. The van der Waals surface area contributed by atoms with Crippen molar-refractivity contribution in [3.8, 4) is 10.4 Å². The number of nitrogens with two attached hydrogens (primary N) is 1. The Bertz CT molecular complexity index is 1240. The molecule has 0 bridgehead atoms. The number of nitrogens with one attached hydrogen (secondary N) is 1. The number of thiophene rings is 1. The number of benzene rings is 1. The van der Waals surface area contributed by atoms with Crippen molar-refractivity contribution in [2.24, 2.45) is 5.73 Å². The van der Waals surface area contributed by atoms with Crippen LogP contribution in [0.5, 0.6) is 0 Å². The molecule has 0 unspecified atom stereocenters. The monoisotopic (exact) mass is 517 g/mol. The summed E-state index contributed by atoms with van der Waals surface area (Å²) in [6.07, 6.45) is 2.80. The number of halogens is 2. The molecule has 0 aliphatic heterocycles. The first kappa shape index (κ1) is 26.2. The Morgan fingerprint density at radius 2 is 1.92 bits per heavy atom. The van der Waals surface area contributed by atoms with Gasteiger partial charge in [0.25, 0.3) is 5.91 Å². The summed E-state index contributed by atoms with van der Waals surface area (Å²) < 4.78 is 35.6. The van der Waals surface area contributed by atoms with Crippen LogP contribution in [0.1, 0.15) is 61.1 Å². The number of amides is 1. The molecular weight excluding hydrogens is 488 g/mol. The van der Waals surface area contributed by atoms with Gasteiger partial charge in [-0.15, -0.1) is 11.3 Å². The van der Waals surface area contributed by atoms with Gasteiger partial charge in [-0.25, -0.2) is 13.8 Å². The van der Waals surface area contributed by atoms with Gasteiger partial charge in [0.2, 0.25) is 0 Å². The van der Waals surface area contributed by atoms with Crippen LogP contribution in [0, 0.1) is 11.6 Å². The van der Waals surface area contributed by atoms with Crippen LogP contribution in [0.25, 0.3) is 10.4 Å². The summed E-state index contributed by atoms with van der Waals surface area (Å²) in [7, 11) is 0. The van der Waals surface area contributed by atoms with Gasteiger partial charge < -0.3 is 26.0 Å². The fourth-order valence-corrected chi connectivity index (χ4v) is 5.28. The van der Waals surface area contributed by atoms with Gasteiger partial charge in [0, 0.05) is 4.88 Å². The van der Waals surface area contributed by atoms with Crippen molar-refractivity contribution in [2.45, 2.75) is 63.9 Å². The highest BCUT2D eigenvalue weighted by Gasteiger charge is 2.25. The molecule has 36 heavy (non-hydrogen) atoms. The number of nitrogens with zero attached hydrogens (tertiary/aromatic N) is 1. The predicted molar refractivity (Wildman–Crippen MR) is 134 cm³/mol. The highest BCUT2D eigenvalue weighted by atomic mass is 32.1. The zero-order chi connectivity index (χ0) is 26.0. The molecule has 0 radical (unpaired) electrons. The largest absolute Gasteiger partial charge is 0.390 e. The summed E-state index contributed by atoms with van der Waals surface area (Å²) in [4.78, 5) is 16.7. The molecule has 1 aromatic carbocycles. The van der Waals surface area contributed by atoms with E-state index in [4.69, 9.17) is 10.5 Å². The molecule has 5 N–H and O–H groups in total. The number of hydrogen-bond donors (Lipinski definition) is 4. The van der Waals surface area contributed by atoms with Gasteiger partial charge >= 0.3 is 0 Å². The smallest absolute Gasteiger partial charge is 0.251 e. The average molecular weight is 518 g/mol. The number of carbonyl (C=O) groups excluding carboxylic acids is 1. The fraction of sp³-hybridized carbons (Fsp3) is 0.385. The van der Waals surface area contributed by atoms with E-state index in [0.717, 1.165) is 49.2 Å².